The van der Waals surface area contributed by atoms with Crippen molar-refractivity contribution in [1.82, 2.24) is 9.88 Å². The predicted molar refractivity (Wildman–Crippen MR) is 141 cm³/mol. The van der Waals surface area contributed by atoms with Crippen molar-refractivity contribution in [2.45, 2.75) is 6.54 Å². The molecule has 0 aliphatic carbocycles. The van der Waals surface area contributed by atoms with Crippen molar-refractivity contribution in [1.29, 1.82) is 0 Å². The standard InChI is InChI=1S/C27H26BN3O6/c1-31(16-17-7-5-4-6-8-17)27(33)18-11-19(28(34)35)13-20(12-18)29-26(32)24-15-25(37-3)22-10-9-21(36-2)14-23(22)30-24/h4-15,34-35H,16H2,1-3H3,(H,29,32). The smallest absolute Gasteiger partial charge is 0.488 e. The summed E-state index contributed by atoms with van der Waals surface area (Å²) in [5.41, 5.74) is 1.97. The van der Waals surface area contributed by atoms with Gasteiger partial charge in [0, 0.05) is 42.4 Å². The number of carbonyl (C=O) groups excluding carboxylic acids is 2. The highest BCUT2D eigenvalue weighted by atomic mass is 16.5. The monoisotopic (exact) mass is 499 g/mol. The number of methoxy groups -OCH3 is 2. The molecule has 0 spiro atoms. The number of hydrogen-bond donors (Lipinski definition) is 3. The topological polar surface area (TPSA) is 121 Å². The van der Waals surface area contributed by atoms with Gasteiger partial charge in [0.2, 0.25) is 0 Å². The molecule has 4 rings (SSSR count). The zero-order valence-corrected chi connectivity index (χ0v) is 20.6. The van der Waals surface area contributed by atoms with E-state index < -0.39 is 13.0 Å². The average molecular weight is 499 g/mol. The van der Waals surface area contributed by atoms with Crippen LogP contribution in [0, 0.1) is 0 Å². The number of benzene rings is 3. The Hall–Kier alpha value is -4.41. The molecule has 3 N–H and O–H groups in total. The van der Waals surface area contributed by atoms with Gasteiger partial charge in [0.1, 0.15) is 17.2 Å². The van der Waals surface area contributed by atoms with Crippen LogP contribution in [0.2, 0.25) is 0 Å². The molecule has 0 radical (unpaired) electrons. The van der Waals surface area contributed by atoms with E-state index in [0.29, 0.717) is 28.9 Å². The fourth-order valence-corrected chi connectivity index (χ4v) is 3.93. The minimum atomic E-state index is -1.84. The lowest BCUT2D eigenvalue weighted by Crippen LogP contribution is -2.33. The zero-order valence-electron chi connectivity index (χ0n) is 20.6. The van der Waals surface area contributed by atoms with Gasteiger partial charge in [-0.1, -0.05) is 30.3 Å². The molecular weight excluding hydrogens is 473 g/mol. The molecule has 0 atom stereocenters. The van der Waals surface area contributed by atoms with Gasteiger partial charge in [-0.3, -0.25) is 9.59 Å². The minimum absolute atomic E-state index is 0.0584. The van der Waals surface area contributed by atoms with E-state index in [1.54, 1.807) is 25.2 Å². The van der Waals surface area contributed by atoms with Crippen molar-refractivity contribution < 1.29 is 29.1 Å². The van der Waals surface area contributed by atoms with Gasteiger partial charge >= 0.3 is 7.12 Å². The number of ether oxygens (including phenoxy) is 2. The van der Waals surface area contributed by atoms with Crippen molar-refractivity contribution in [2.24, 2.45) is 0 Å². The summed E-state index contributed by atoms with van der Waals surface area (Å²) >= 11 is 0. The van der Waals surface area contributed by atoms with Crippen molar-refractivity contribution in [3.63, 3.8) is 0 Å². The van der Waals surface area contributed by atoms with Crippen molar-refractivity contribution >= 4 is 41.0 Å². The molecule has 10 heteroatoms. The first-order valence-electron chi connectivity index (χ1n) is 11.4. The number of anilines is 1. The van der Waals surface area contributed by atoms with E-state index in [4.69, 9.17) is 9.47 Å². The highest BCUT2D eigenvalue weighted by Crippen LogP contribution is 2.28. The van der Waals surface area contributed by atoms with Crippen molar-refractivity contribution in [3.05, 3.63) is 89.6 Å². The molecule has 0 aliphatic rings. The van der Waals surface area contributed by atoms with E-state index in [1.165, 1.54) is 43.4 Å². The van der Waals surface area contributed by atoms with Crippen LogP contribution >= 0.6 is 0 Å². The second-order valence-corrected chi connectivity index (χ2v) is 8.41. The second-order valence-electron chi connectivity index (χ2n) is 8.41. The van der Waals surface area contributed by atoms with E-state index >= 15 is 0 Å². The highest BCUT2D eigenvalue weighted by molar-refractivity contribution is 6.58. The number of aromatic nitrogens is 1. The minimum Gasteiger partial charge on any atom is -0.497 e. The van der Waals surface area contributed by atoms with E-state index in [1.807, 2.05) is 30.3 Å². The number of fused-ring (bicyclic) bond motifs is 1. The van der Waals surface area contributed by atoms with Crippen LogP contribution < -0.4 is 20.3 Å². The number of amides is 2. The first-order chi connectivity index (χ1) is 17.8. The molecule has 0 unspecified atom stereocenters. The molecule has 0 aliphatic heterocycles. The molecule has 3 aromatic carbocycles. The summed E-state index contributed by atoms with van der Waals surface area (Å²) < 4.78 is 10.7. The van der Waals surface area contributed by atoms with Crippen LogP contribution in [0.25, 0.3) is 10.9 Å². The van der Waals surface area contributed by atoms with Gasteiger partial charge in [-0.2, -0.15) is 0 Å². The first kappa shape index (κ1) is 25.7. The summed E-state index contributed by atoms with van der Waals surface area (Å²) in [6.45, 7) is 0.359. The van der Waals surface area contributed by atoms with E-state index in [0.717, 1.165) is 5.56 Å². The van der Waals surface area contributed by atoms with Crippen LogP contribution in [0.15, 0.2) is 72.8 Å². The molecule has 188 valence electrons. The van der Waals surface area contributed by atoms with Crippen LogP contribution in [0.3, 0.4) is 0 Å². The lowest BCUT2D eigenvalue weighted by molar-refractivity contribution is 0.0785. The molecule has 0 fully saturated rings. The number of pyridine rings is 1. The van der Waals surface area contributed by atoms with Gasteiger partial charge in [-0.15, -0.1) is 0 Å². The SMILES string of the molecule is COc1ccc2c(OC)cc(C(=O)Nc3cc(B(O)O)cc(C(=O)N(C)Cc4ccccc4)c3)nc2c1. The Morgan fingerprint density at radius 3 is 2.41 bits per heavy atom. The van der Waals surface area contributed by atoms with Crippen molar-refractivity contribution in [2.75, 3.05) is 26.6 Å². The van der Waals surface area contributed by atoms with Gasteiger partial charge in [0.25, 0.3) is 11.8 Å². The van der Waals surface area contributed by atoms with Crippen LogP contribution in [0.5, 0.6) is 11.5 Å². The maximum absolute atomic E-state index is 13.1. The molecule has 0 bridgehead atoms. The quantitative estimate of drug-likeness (QED) is 0.319. The average Bonchev–Trinajstić information content (AvgIpc) is 2.91. The van der Waals surface area contributed by atoms with Gasteiger partial charge in [-0.05, 0) is 41.4 Å². The number of hydrogen-bond acceptors (Lipinski definition) is 7. The van der Waals surface area contributed by atoms with E-state index in [9.17, 15) is 19.6 Å². The molecule has 9 nitrogen and oxygen atoms in total. The van der Waals surface area contributed by atoms with E-state index in [2.05, 4.69) is 10.3 Å². The normalized spacial score (nSPS) is 10.6. The predicted octanol–water partition coefficient (Wildman–Crippen LogP) is 2.46. The lowest BCUT2D eigenvalue weighted by Gasteiger charge is -2.19. The molecule has 4 aromatic rings. The lowest BCUT2D eigenvalue weighted by atomic mass is 9.79. The third kappa shape index (κ3) is 5.88. The largest absolute Gasteiger partial charge is 0.497 e. The Labute approximate surface area is 214 Å². The summed E-state index contributed by atoms with van der Waals surface area (Å²) in [6.07, 6.45) is 0. The van der Waals surface area contributed by atoms with Gasteiger partial charge in [0.15, 0.2) is 0 Å². The van der Waals surface area contributed by atoms with Gasteiger partial charge in [0.05, 0.1) is 19.7 Å². The molecule has 0 saturated carbocycles. The molecule has 1 aromatic heterocycles. The van der Waals surface area contributed by atoms with Gasteiger partial charge in [-0.25, -0.2) is 4.98 Å². The Kier molecular flexibility index (Phi) is 7.71. The Bertz CT molecular complexity index is 1450. The fraction of sp³-hybridized carbons (Fsp3) is 0.148. The summed E-state index contributed by atoms with van der Waals surface area (Å²) in [6, 6.07) is 20.5. The Morgan fingerprint density at radius 1 is 0.973 bits per heavy atom. The fourth-order valence-electron chi connectivity index (χ4n) is 3.93. The Morgan fingerprint density at radius 2 is 1.73 bits per heavy atom. The molecule has 0 saturated heterocycles. The van der Waals surface area contributed by atoms with Crippen LogP contribution in [0.1, 0.15) is 26.4 Å². The molecular formula is C27H26BN3O6. The molecule has 37 heavy (non-hydrogen) atoms. The Balaban J connectivity index is 1.63. The van der Waals surface area contributed by atoms with Crippen LogP contribution in [-0.2, 0) is 6.54 Å². The number of rotatable bonds is 8. The molecule has 1 heterocycles. The first-order valence-corrected chi connectivity index (χ1v) is 11.4. The summed E-state index contributed by atoms with van der Waals surface area (Å²) in [5.74, 6) is 0.117. The summed E-state index contributed by atoms with van der Waals surface area (Å²) in [7, 11) is 2.84. The zero-order chi connectivity index (χ0) is 26.5. The van der Waals surface area contributed by atoms with Crippen LogP contribution in [-0.4, -0.2) is 60.1 Å². The second kappa shape index (κ2) is 11.1. The highest BCUT2D eigenvalue weighted by Gasteiger charge is 2.20. The number of nitrogens with zero attached hydrogens (tertiary/aromatic N) is 2. The van der Waals surface area contributed by atoms with Crippen LogP contribution in [0.4, 0.5) is 5.69 Å². The van der Waals surface area contributed by atoms with Gasteiger partial charge < -0.3 is 29.7 Å². The maximum atomic E-state index is 13.1. The number of carbonyl (C=O) groups is 2. The van der Waals surface area contributed by atoms with E-state index in [-0.39, 0.29) is 28.3 Å². The van der Waals surface area contributed by atoms with Crippen molar-refractivity contribution in [3.8, 4) is 11.5 Å². The summed E-state index contributed by atoms with van der Waals surface area (Å²) in [5, 5.41) is 23.0. The molecule has 2 amide bonds. The number of nitrogens with one attached hydrogen (secondary N) is 1. The third-order valence-corrected chi connectivity index (χ3v) is 5.80. The third-order valence-electron chi connectivity index (χ3n) is 5.80. The summed E-state index contributed by atoms with van der Waals surface area (Å²) in [4.78, 5) is 32.2. The maximum Gasteiger partial charge on any atom is 0.488 e.